The van der Waals surface area contributed by atoms with Crippen LogP contribution >= 0.6 is 8.25 Å². The van der Waals surface area contributed by atoms with Crippen molar-refractivity contribution in [3.05, 3.63) is 0 Å². The highest BCUT2D eigenvalue weighted by molar-refractivity contribution is 7.32. The van der Waals surface area contributed by atoms with Crippen molar-refractivity contribution in [3.63, 3.8) is 0 Å². The Hall–Kier alpha value is 0.150. The van der Waals surface area contributed by atoms with Gasteiger partial charge in [-0.2, -0.15) is 0 Å². The molecule has 0 saturated carbocycles. The summed E-state index contributed by atoms with van der Waals surface area (Å²) >= 11 is 0. The molecule has 3 nitrogen and oxygen atoms in total. The second-order valence-electron chi connectivity index (χ2n) is 7.83. The summed E-state index contributed by atoms with van der Waals surface area (Å²) in [7, 11) is -2.81. The van der Waals surface area contributed by atoms with Crippen molar-refractivity contribution < 1.29 is 14.0 Å². The Morgan fingerprint density at radius 3 is 1.38 bits per heavy atom. The molecule has 0 bridgehead atoms. The molecule has 146 valence electrons. The normalized spacial score (nSPS) is 13.3. The maximum absolute atomic E-state index is 10.7. The number of hydrogen-bond acceptors (Lipinski definition) is 2. The van der Waals surface area contributed by atoms with Gasteiger partial charge in [0, 0.05) is 0 Å². The highest BCUT2D eigenvalue weighted by atomic mass is 31.1. The molecule has 0 aromatic rings. The molecule has 0 aromatic heterocycles. The summed E-state index contributed by atoms with van der Waals surface area (Å²) in [6.45, 7) is 6.07. The molecule has 24 heavy (non-hydrogen) atoms. The van der Waals surface area contributed by atoms with Crippen LogP contribution in [0.5, 0.6) is 0 Å². The van der Waals surface area contributed by atoms with Crippen LogP contribution in [0.3, 0.4) is 0 Å². The van der Waals surface area contributed by atoms with Gasteiger partial charge in [-0.1, -0.05) is 103 Å². The van der Waals surface area contributed by atoms with Gasteiger partial charge in [0.2, 0.25) is 0 Å². The third-order valence-electron chi connectivity index (χ3n) is 4.75. The SMILES string of the molecule is CCCCCCCCCCCCCCCCCC(C)(C)O[PH](=O)O. The van der Waals surface area contributed by atoms with E-state index in [2.05, 4.69) is 6.92 Å². The van der Waals surface area contributed by atoms with Gasteiger partial charge in [-0.3, -0.25) is 4.57 Å². The molecule has 1 atom stereocenters. The van der Waals surface area contributed by atoms with Crippen molar-refractivity contribution >= 4 is 8.25 Å². The molecule has 0 heterocycles. The summed E-state index contributed by atoms with van der Waals surface area (Å²) in [4.78, 5) is 8.84. The van der Waals surface area contributed by atoms with Gasteiger partial charge >= 0.3 is 8.25 Å². The van der Waals surface area contributed by atoms with Crippen molar-refractivity contribution in [2.45, 2.75) is 129 Å². The third-order valence-corrected chi connectivity index (χ3v) is 5.47. The lowest BCUT2D eigenvalue weighted by atomic mass is 9.99. The Balaban J connectivity index is 3.19. The minimum absolute atomic E-state index is 0.457. The van der Waals surface area contributed by atoms with Crippen LogP contribution in [-0.2, 0) is 9.09 Å². The maximum Gasteiger partial charge on any atom is 0.317 e. The second-order valence-corrected chi connectivity index (χ2v) is 8.56. The van der Waals surface area contributed by atoms with Crippen molar-refractivity contribution in [2.24, 2.45) is 0 Å². The zero-order valence-corrected chi connectivity index (χ0v) is 17.6. The first-order chi connectivity index (χ1) is 11.5. The van der Waals surface area contributed by atoms with E-state index in [0.29, 0.717) is 0 Å². The maximum atomic E-state index is 10.7. The predicted molar refractivity (Wildman–Crippen MR) is 106 cm³/mol. The molecule has 0 radical (unpaired) electrons. The molecule has 0 amide bonds. The van der Waals surface area contributed by atoms with Crippen LogP contribution in [0, 0.1) is 0 Å². The van der Waals surface area contributed by atoms with Crippen molar-refractivity contribution in [1.82, 2.24) is 0 Å². The van der Waals surface area contributed by atoms with Gasteiger partial charge in [0.05, 0.1) is 5.60 Å². The molecule has 1 N–H and O–H groups in total. The lowest BCUT2D eigenvalue weighted by molar-refractivity contribution is 0.0910. The molecule has 0 aliphatic heterocycles. The molecular formula is C20H43O3P. The van der Waals surface area contributed by atoms with Crippen LogP contribution < -0.4 is 0 Å². The molecule has 0 aromatic carbocycles. The third kappa shape index (κ3) is 18.5. The van der Waals surface area contributed by atoms with Gasteiger partial charge in [0.25, 0.3) is 0 Å². The second kappa shape index (κ2) is 16.6. The van der Waals surface area contributed by atoms with Crippen LogP contribution in [0.15, 0.2) is 0 Å². The smallest absolute Gasteiger partial charge is 0.317 e. The Labute approximate surface area is 151 Å². The summed E-state index contributed by atoms with van der Waals surface area (Å²) < 4.78 is 15.8. The van der Waals surface area contributed by atoms with Crippen molar-refractivity contribution in [2.75, 3.05) is 0 Å². The van der Waals surface area contributed by atoms with E-state index in [0.717, 1.165) is 12.8 Å². The fraction of sp³-hybridized carbons (Fsp3) is 1.00. The summed E-state index contributed by atoms with van der Waals surface area (Å²) in [5, 5.41) is 0. The molecule has 0 aliphatic rings. The van der Waals surface area contributed by atoms with Gasteiger partial charge in [0.15, 0.2) is 0 Å². The fourth-order valence-electron chi connectivity index (χ4n) is 3.21. The standard InChI is InChI=1S/C20H43O3P/c1-4-5-6-7-8-9-10-11-12-13-14-15-16-17-18-19-20(2,3)23-24(21)22/h24H,4-19H2,1-3H3,(H,21,22). The molecule has 0 saturated heterocycles. The molecule has 0 aliphatic carbocycles. The summed E-state index contributed by atoms with van der Waals surface area (Å²) in [6, 6.07) is 0. The van der Waals surface area contributed by atoms with Crippen LogP contribution in [0.25, 0.3) is 0 Å². The van der Waals surface area contributed by atoms with E-state index in [9.17, 15) is 4.57 Å². The van der Waals surface area contributed by atoms with Crippen LogP contribution in [-0.4, -0.2) is 10.5 Å². The summed E-state index contributed by atoms with van der Waals surface area (Å²) in [5.41, 5.74) is -0.457. The van der Waals surface area contributed by atoms with Crippen molar-refractivity contribution in [1.29, 1.82) is 0 Å². The highest BCUT2D eigenvalue weighted by Crippen LogP contribution is 2.29. The van der Waals surface area contributed by atoms with E-state index < -0.39 is 13.9 Å². The Morgan fingerprint density at radius 1 is 0.708 bits per heavy atom. The van der Waals surface area contributed by atoms with Crippen molar-refractivity contribution in [3.8, 4) is 0 Å². The number of unbranched alkanes of at least 4 members (excludes halogenated alkanes) is 14. The van der Waals surface area contributed by atoms with E-state index in [4.69, 9.17) is 9.42 Å². The lowest BCUT2D eigenvalue weighted by Gasteiger charge is -2.23. The molecule has 0 spiro atoms. The minimum Gasteiger partial charge on any atom is -0.326 e. The Kier molecular flexibility index (Phi) is 16.7. The van der Waals surface area contributed by atoms with E-state index >= 15 is 0 Å². The number of rotatable bonds is 18. The first kappa shape index (κ1) is 24.1. The predicted octanol–water partition coefficient (Wildman–Crippen LogP) is 7.43. The van der Waals surface area contributed by atoms with Gasteiger partial charge < -0.3 is 9.42 Å². The fourth-order valence-corrected chi connectivity index (χ4v) is 3.78. The summed E-state index contributed by atoms with van der Waals surface area (Å²) in [5.74, 6) is 0. The van der Waals surface area contributed by atoms with Crippen LogP contribution in [0.2, 0.25) is 0 Å². The summed E-state index contributed by atoms with van der Waals surface area (Å²) in [6.07, 6.45) is 21.2. The number of hydrogen-bond donors (Lipinski definition) is 1. The zero-order valence-electron chi connectivity index (χ0n) is 16.6. The molecule has 4 heteroatoms. The van der Waals surface area contributed by atoms with Gasteiger partial charge in [-0.05, 0) is 20.3 Å². The minimum atomic E-state index is -2.81. The lowest BCUT2D eigenvalue weighted by Crippen LogP contribution is -2.20. The Bertz CT molecular complexity index is 293. The highest BCUT2D eigenvalue weighted by Gasteiger charge is 2.19. The van der Waals surface area contributed by atoms with E-state index in [1.165, 1.54) is 89.9 Å². The van der Waals surface area contributed by atoms with E-state index in [-0.39, 0.29) is 0 Å². The van der Waals surface area contributed by atoms with Gasteiger partial charge in [0.1, 0.15) is 0 Å². The molecule has 0 fully saturated rings. The first-order valence-corrected chi connectivity index (χ1v) is 11.7. The topological polar surface area (TPSA) is 46.5 Å². The van der Waals surface area contributed by atoms with E-state index in [1.54, 1.807) is 0 Å². The zero-order chi connectivity index (χ0) is 18.1. The average molecular weight is 363 g/mol. The van der Waals surface area contributed by atoms with E-state index in [1.807, 2.05) is 13.8 Å². The molecule has 1 unspecified atom stereocenters. The van der Waals surface area contributed by atoms with Gasteiger partial charge in [-0.15, -0.1) is 0 Å². The average Bonchev–Trinajstić information content (AvgIpc) is 2.49. The molecular weight excluding hydrogens is 319 g/mol. The molecule has 0 rings (SSSR count). The van der Waals surface area contributed by atoms with Gasteiger partial charge in [-0.25, -0.2) is 0 Å². The first-order valence-electron chi connectivity index (χ1n) is 10.4. The quantitative estimate of drug-likeness (QED) is 0.204. The largest absolute Gasteiger partial charge is 0.326 e. The Morgan fingerprint density at radius 2 is 1.04 bits per heavy atom. The monoisotopic (exact) mass is 362 g/mol. The van der Waals surface area contributed by atoms with Crippen LogP contribution in [0.1, 0.15) is 124 Å². The van der Waals surface area contributed by atoms with Crippen LogP contribution in [0.4, 0.5) is 0 Å².